The Bertz CT molecular complexity index is 746. The van der Waals surface area contributed by atoms with E-state index in [0.717, 1.165) is 30.8 Å². The fourth-order valence-corrected chi connectivity index (χ4v) is 2.98. The Hall–Kier alpha value is -1.77. The molecule has 2 aromatic carbocycles. The van der Waals surface area contributed by atoms with Crippen LogP contribution in [0, 0.1) is 0 Å². The maximum atomic E-state index is 5.91. The van der Waals surface area contributed by atoms with Crippen LogP contribution in [0.5, 0.6) is 0 Å². The lowest BCUT2D eigenvalue weighted by Gasteiger charge is -2.14. The number of aromatic amines is 1. The average molecular weight is 327 g/mol. The highest BCUT2D eigenvalue weighted by atomic mass is 35.5. The summed E-state index contributed by atoms with van der Waals surface area (Å²) in [7, 11) is 0. The first-order chi connectivity index (χ1) is 11.2. The highest BCUT2D eigenvalue weighted by Gasteiger charge is 2.03. The van der Waals surface area contributed by atoms with Gasteiger partial charge in [0.25, 0.3) is 0 Å². The predicted octanol–water partition coefficient (Wildman–Crippen LogP) is 4.97. The van der Waals surface area contributed by atoms with Crippen molar-refractivity contribution in [2.75, 3.05) is 6.54 Å². The number of aromatic nitrogens is 1. The molecule has 3 rings (SSSR count). The van der Waals surface area contributed by atoms with E-state index in [2.05, 4.69) is 53.6 Å². The fourth-order valence-electron chi connectivity index (χ4n) is 2.85. The normalized spacial score (nSPS) is 12.6. The van der Waals surface area contributed by atoms with Crippen molar-refractivity contribution in [2.24, 2.45) is 0 Å². The molecule has 0 aliphatic carbocycles. The summed E-state index contributed by atoms with van der Waals surface area (Å²) in [6.45, 7) is 3.26. The van der Waals surface area contributed by atoms with Gasteiger partial charge >= 0.3 is 0 Å². The van der Waals surface area contributed by atoms with Gasteiger partial charge in [-0.05, 0) is 73.5 Å². The number of nitrogens with one attached hydrogen (secondary N) is 2. The Morgan fingerprint density at radius 3 is 2.61 bits per heavy atom. The minimum absolute atomic E-state index is 0.515. The van der Waals surface area contributed by atoms with E-state index in [4.69, 9.17) is 11.6 Å². The van der Waals surface area contributed by atoms with Gasteiger partial charge in [0.2, 0.25) is 0 Å². The van der Waals surface area contributed by atoms with Crippen LogP contribution in [-0.2, 0) is 12.8 Å². The number of hydrogen-bond acceptors (Lipinski definition) is 1. The van der Waals surface area contributed by atoms with Crippen LogP contribution in [0.3, 0.4) is 0 Å². The first-order valence-electron chi connectivity index (χ1n) is 8.24. The Kier molecular flexibility index (Phi) is 5.37. The van der Waals surface area contributed by atoms with Gasteiger partial charge in [0.15, 0.2) is 0 Å². The summed E-state index contributed by atoms with van der Waals surface area (Å²) in [5.74, 6) is 0. The lowest BCUT2D eigenvalue weighted by atomic mass is 10.0. The number of benzene rings is 2. The summed E-state index contributed by atoms with van der Waals surface area (Å²) < 4.78 is 0. The molecule has 2 N–H and O–H groups in total. The van der Waals surface area contributed by atoms with Gasteiger partial charge < -0.3 is 10.3 Å². The van der Waals surface area contributed by atoms with Crippen LogP contribution in [0.2, 0.25) is 5.02 Å². The summed E-state index contributed by atoms with van der Waals surface area (Å²) in [6, 6.07) is 17.4. The van der Waals surface area contributed by atoms with E-state index >= 15 is 0 Å². The van der Waals surface area contributed by atoms with Crippen molar-refractivity contribution in [3.8, 4) is 0 Å². The largest absolute Gasteiger partial charge is 0.361 e. The van der Waals surface area contributed by atoms with E-state index in [1.54, 1.807) is 0 Å². The standard InChI is InChI=1S/C20H23ClN2/c1-15(22-12-10-16-5-8-19(21)9-6-16)2-3-17-4-7-18-11-13-23-20(18)14-17/h4-9,11,13-15,22-23H,2-3,10,12H2,1H3. The third-order valence-electron chi connectivity index (χ3n) is 4.31. The second-order valence-corrected chi connectivity index (χ2v) is 6.61. The molecule has 1 aromatic heterocycles. The molecule has 0 spiro atoms. The number of aryl methyl sites for hydroxylation is 1. The van der Waals surface area contributed by atoms with Crippen molar-refractivity contribution in [3.63, 3.8) is 0 Å². The molecular weight excluding hydrogens is 304 g/mol. The van der Waals surface area contributed by atoms with Gasteiger partial charge in [0, 0.05) is 22.8 Å². The average Bonchev–Trinajstić information content (AvgIpc) is 3.02. The molecule has 1 unspecified atom stereocenters. The summed E-state index contributed by atoms with van der Waals surface area (Å²) in [5.41, 5.74) is 3.95. The summed E-state index contributed by atoms with van der Waals surface area (Å²) in [5, 5.41) is 5.69. The third-order valence-corrected chi connectivity index (χ3v) is 4.56. The summed E-state index contributed by atoms with van der Waals surface area (Å²) in [6.07, 6.45) is 5.28. The van der Waals surface area contributed by atoms with Crippen molar-refractivity contribution >= 4 is 22.5 Å². The SMILES string of the molecule is CC(CCc1ccc2cc[nH]c2c1)NCCc1ccc(Cl)cc1. The van der Waals surface area contributed by atoms with Crippen LogP contribution in [-0.4, -0.2) is 17.6 Å². The lowest BCUT2D eigenvalue weighted by molar-refractivity contribution is 0.517. The third kappa shape index (κ3) is 4.60. The van der Waals surface area contributed by atoms with Crippen molar-refractivity contribution in [3.05, 3.63) is 70.9 Å². The van der Waals surface area contributed by atoms with Crippen LogP contribution >= 0.6 is 11.6 Å². The molecule has 0 amide bonds. The quantitative estimate of drug-likeness (QED) is 0.630. The Balaban J connectivity index is 1.42. The second-order valence-electron chi connectivity index (χ2n) is 6.17. The van der Waals surface area contributed by atoms with Crippen molar-refractivity contribution in [2.45, 2.75) is 32.2 Å². The minimum atomic E-state index is 0.515. The molecule has 23 heavy (non-hydrogen) atoms. The molecule has 0 saturated heterocycles. The van der Waals surface area contributed by atoms with Gasteiger partial charge in [-0.3, -0.25) is 0 Å². The lowest BCUT2D eigenvalue weighted by Crippen LogP contribution is -2.28. The van der Waals surface area contributed by atoms with Gasteiger partial charge in [0.1, 0.15) is 0 Å². The van der Waals surface area contributed by atoms with E-state index in [-0.39, 0.29) is 0 Å². The number of halogens is 1. The molecule has 1 atom stereocenters. The van der Waals surface area contributed by atoms with Crippen LogP contribution < -0.4 is 5.32 Å². The molecule has 2 nitrogen and oxygen atoms in total. The van der Waals surface area contributed by atoms with Gasteiger partial charge in [-0.15, -0.1) is 0 Å². The zero-order valence-corrected chi connectivity index (χ0v) is 14.2. The first kappa shape index (κ1) is 16.1. The van der Waals surface area contributed by atoms with Gasteiger partial charge in [-0.2, -0.15) is 0 Å². The molecule has 0 aliphatic heterocycles. The van der Waals surface area contributed by atoms with Gasteiger partial charge in [0.05, 0.1) is 0 Å². The molecule has 3 aromatic rings. The number of hydrogen-bond donors (Lipinski definition) is 2. The molecule has 0 aliphatic rings. The number of fused-ring (bicyclic) bond motifs is 1. The molecule has 3 heteroatoms. The van der Waals surface area contributed by atoms with E-state index < -0.39 is 0 Å². The molecule has 0 radical (unpaired) electrons. The Morgan fingerprint density at radius 2 is 1.78 bits per heavy atom. The number of H-pyrrole nitrogens is 1. The highest BCUT2D eigenvalue weighted by Crippen LogP contribution is 2.16. The monoisotopic (exact) mass is 326 g/mol. The molecule has 0 fully saturated rings. The zero-order valence-electron chi connectivity index (χ0n) is 13.5. The van der Waals surface area contributed by atoms with Crippen LogP contribution in [0.15, 0.2) is 54.7 Å². The predicted molar refractivity (Wildman–Crippen MR) is 99.2 cm³/mol. The maximum Gasteiger partial charge on any atom is 0.0456 e. The van der Waals surface area contributed by atoms with E-state index in [1.807, 2.05) is 18.3 Å². The van der Waals surface area contributed by atoms with E-state index in [0.29, 0.717) is 6.04 Å². The van der Waals surface area contributed by atoms with Crippen LogP contribution in [0.25, 0.3) is 10.9 Å². The van der Waals surface area contributed by atoms with Gasteiger partial charge in [-0.25, -0.2) is 0 Å². The summed E-state index contributed by atoms with van der Waals surface area (Å²) in [4.78, 5) is 3.28. The smallest absolute Gasteiger partial charge is 0.0456 e. The van der Waals surface area contributed by atoms with Gasteiger partial charge in [-0.1, -0.05) is 35.9 Å². The highest BCUT2D eigenvalue weighted by molar-refractivity contribution is 6.30. The minimum Gasteiger partial charge on any atom is -0.361 e. The molecule has 0 bridgehead atoms. The van der Waals surface area contributed by atoms with Crippen molar-refractivity contribution < 1.29 is 0 Å². The first-order valence-corrected chi connectivity index (χ1v) is 8.62. The van der Waals surface area contributed by atoms with E-state index in [9.17, 15) is 0 Å². The zero-order chi connectivity index (χ0) is 16.1. The van der Waals surface area contributed by atoms with Crippen molar-refractivity contribution in [1.29, 1.82) is 0 Å². The molecule has 0 saturated carbocycles. The molecular formula is C20H23ClN2. The second kappa shape index (κ2) is 7.67. The summed E-state index contributed by atoms with van der Waals surface area (Å²) >= 11 is 5.91. The Labute approximate surface area is 142 Å². The molecule has 1 heterocycles. The molecule has 120 valence electrons. The maximum absolute atomic E-state index is 5.91. The fraction of sp³-hybridized carbons (Fsp3) is 0.300. The van der Waals surface area contributed by atoms with Crippen LogP contribution in [0.1, 0.15) is 24.5 Å². The number of rotatable bonds is 7. The van der Waals surface area contributed by atoms with Crippen LogP contribution in [0.4, 0.5) is 0 Å². The van der Waals surface area contributed by atoms with Crippen molar-refractivity contribution in [1.82, 2.24) is 10.3 Å². The Morgan fingerprint density at radius 1 is 1.00 bits per heavy atom. The topological polar surface area (TPSA) is 27.8 Å². The van der Waals surface area contributed by atoms with E-state index in [1.165, 1.54) is 22.0 Å².